The van der Waals surface area contributed by atoms with Crippen LogP contribution in [0, 0.1) is 0 Å². The van der Waals surface area contributed by atoms with Crippen LogP contribution in [0.15, 0.2) is 24.3 Å². The van der Waals surface area contributed by atoms with Gasteiger partial charge in [-0.3, -0.25) is 9.59 Å². The number of amides is 2. The van der Waals surface area contributed by atoms with Crippen LogP contribution in [0.4, 0.5) is 5.69 Å². The number of para-hydroxylation sites is 2. The highest BCUT2D eigenvalue weighted by Crippen LogP contribution is 2.47. The second-order valence-electron chi connectivity index (χ2n) is 5.68. The average Bonchev–Trinajstić information content (AvgIpc) is 2.98. The molecule has 0 spiro atoms. The first-order valence-electron chi connectivity index (χ1n) is 7.54. The average molecular weight is 320 g/mol. The van der Waals surface area contributed by atoms with Crippen LogP contribution >= 0.6 is 11.8 Å². The highest BCUT2D eigenvalue weighted by atomic mass is 32.2. The Balaban J connectivity index is 1.77. The van der Waals surface area contributed by atoms with Crippen LogP contribution in [0.25, 0.3) is 0 Å². The van der Waals surface area contributed by atoms with E-state index >= 15 is 0 Å². The number of hydrogen-bond acceptors (Lipinski definition) is 4. The molecule has 0 aromatic heterocycles. The molecule has 2 aliphatic rings. The van der Waals surface area contributed by atoms with E-state index in [0.717, 1.165) is 6.42 Å². The van der Waals surface area contributed by atoms with E-state index in [1.165, 1.54) is 0 Å². The van der Waals surface area contributed by atoms with Crippen LogP contribution in [-0.2, 0) is 9.59 Å². The molecule has 0 bridgehead atoms. The number of nitrogens with one attached hydrogen (secondary N) is 1. The lowest BCUT2D eigenvalue weighted by Crippen LogP contribution is -2.48. The van der Waals surface area contributed by atoms with E-state index in [0.29, 0.717) is 30.2 Å². The minimum atomic E-state index is -0.403. The molecule has 6 heteroatoms. The smallest absolute Gasteiger partial charge is 0.248 e. The summed E-state index contributed by atoms with van der Waals surface area (Å²) < 4.78 is 5.53. The minimum Gasteiger partial charge on any atom is -0.492 e. The molecule has 2 atom stereocenters. The van der Waals surface area contributed by atoms with Gasteiger partial charge in [0, 0.05) is 12.2 Å². The van der Waals surface area contributed by atoms with Gasteiger partial charge in [-0.2, -0.15) is 0 Å². The number of nitrogens with zero attached hydrogens (tertiary/aromatic N) is 1. The van der Waals surface area contributed by atoms with Gasteiger partial charge in [0.15, 0.2) is 0 Å². The Bertz CT molecular complexity index is 607. The van der Waals surface area contributed by atoms with Crippen LogP contribution in [-0.4, -0.2) is 40.0 Å². The fraction of sp³-hybridized carbons (Fsp3) is 0.500. The van der Waals surface area contributed by atoms with E-state index in [1.54, 1.807) is 16.7 Å². The molecule has 22 heavy (non-hydrogen) atoms. The van der Waals surface area contributed by atoms with Crippen molar-refractivity contribution in [1.29, 1.82) is 0 Å². The lowest BCUT2D eigenvalue weighted by molar-refractivity contribution is -0.135. The van der Waals surface area contributed by atoms with Crippen molar-refractivity contribution >= 4 is 29.3 Å². The summed E-state index contributed by atoms with van der Waals surface area (Å²) >= 11 is 1.69. The molecule has 2 aliphatic heterocycles. The maximum atomic E-state index is 12.6. The summed E-state index contributed by atoms with van der Waals surface area (Å²) in [7, 11) is 0. The molecule has 0 saturated carbocycles. The normalized spacial score (nSPS) is 26.9. The summed E-state index contributed by atoms with van der Waals surface area (Å²) in [5, 5.41) is 2.92. The molecule has 0 aliphatic carbocycles. The van der Waals surface area contributed by atoms with E-state index in [-0.39, 0.29) is 16.7 Å². The van der Waals surface area contributed by atoms with E-state index in [9.17, 15) is 9.59 Å². The van der Waals surface area contributed by atoms with Crippen molar-refractivity contribution in [3.05, 3.63) is 24.3 Å². The van der Waals surface area contributed by atoms with Crippen LogP contribution in [0.3, 0.4) is 0 Å². The van der Waals surface area contributed by atoms with Gasteiger partial charge in [-0.25, -0.2) is 0 Å². The monoisotopic (exact) mass is 320 g/mol. The van der Waals surface area contributed by atoms with Crippen molar-refractivity contribution in [2.75, 3.05) is 17.7 Å². The van der Waals surface area contributed by atoms with E-state index < -0.39 is 6.04 Å². The van der Waals surface area contributed by atoms with Gasteiger partial charge < -0.3 is 15.0 Å². The van der Waals surface area contributed by atoms with Crippen molar-refractivity contribution in [1.82, 2.24) is 4.90 Å². The van der Waals surface area contributed by atoms with E-state index in [1.807, 2.05) is 38.1 Å². The van der Waals surface area contributed by atoms with Gasteiger partial charge in [0.25, 0.3) is 0 Å². The first kappa shape index (κ1) is 15.2. The van der Waals surface area contributed by atoms with Crippen LogP contribution in [0.2, 0.25) is 0 Å². The fourth-order valence-electron chi connectivity index (χ4n) is 3.08. The number of carbonyl (C=O) groups excluding carboxylic acids is 2. The van der Waals surface area contributed by atoms with Crippen molar-refractivity contribution in [2.45, 2.75) is 37.6 Å². The molecule has 1 N–H and O–H groups in total. The Hall–Kier alpha value is -1.69. The number of thioether (sulfide) groups is 1. The molecular formula is C16H20N2O3S. The van der Waals surface area contributed by atoms with Gasteiger partial charge in [0.05, 0.1) is 17.2 Å². The topological polar surface area (TPSA) is 58.6 Å². The number of rotatable bonds is 4. The van der Waals surface area contributed by atoms with Gasteiger partial charge in [-0.1, -0.05) is 12.1 Å². The van der Waals surface area contributed by atoms with Gasteiger partial charge in [-0.05, 0) is 32.4 Å². The molecule has 1 aromatic rings. The lowest BCUT2D eigenvalue weighted by Gasteiger charge is -2.30. The highest BCUT2D eigenvalue weighted by Gasteiger charge is 2.52. The third-order valence-electron chi connectivity index (χ3n) is 4.19. The number of anilines is 1. The van der Waals surface area contributed by atoms with E-state index in [2.05, 4.69) is 5.32 Å². The summed E-state index contributed by atoms with van der Waals surface area (Å²) in [4.78, 5) is 26.3. The first-order valence-corrected chi connectivity index (χ1v) is 8.52. The van der Waals surface area contributed by atoms with Crippen LogP contribution in [0.1, 0.15) is 26.7 Å². The molecule has 2 fully saturated rings. The predicted molar refractivity (Wildman–Crippen MR) is 87.0 cm³/mol. The molecule has 1 aromatic carbocycles. The van der Waals surface area contributed by atoms with Gasteiger partial charge in [-0.15, -0.1) is 11.8 Å². The summed E-state index contributed by atoms with van der Waals surface area (Å²) in [6.07, 6.45) is 1.35. The largest absolute Gasteiger partial charge is 0.492 e. The number of ether oxygens (including phenoxy) is 1. The quantitative estimate of drug-likeness (QED) is 0.926. The second kappa shape index (κ2) is 5.83. The molecule has 3 rings (SSSR count). The van der Waals surface area contributed by atoms with Crippen LogP contribution < -0.4 is 10.1 Å². The molecule has 0 unspecified atom stereocenters. The Morgan fingerprint density at radius 1 is 1.50 bits per heavy atom. The zero-order valence-electron chi connectivity index (χ0n) is 12.8. The zero-order chi connectivity index (χ0) is 15.7. The second-order valence-corrected chi connectivity index (χ2v) is 7.19. The van der Waals surface area contributed by atoms with Gasteiger partial charge in [0.1, 0.15) is 11.8 Å². The molecule has 5 nitrogen and oxygen atoms in total. The number of carbonyl (C=O) groups is 2. The molecule has 0 radical (unpaired) electrons. The maximum absolute atomic E-state index is 12.6. The first-order chi connectivity index (χ1) is 10.5. The third kappa shape index (κ3) is 2.56. The molecular weight excluding hydrogens is 300 g/mol. The summed E-state index contributed by atoms with van der Waals surface area (Å²) in [5.41, 5.74) is 0.652. The molecule has 2 amide bonds. The standard InChI is InChI=1S/C16H20N2O3S/c1-3-21-13-7-5-4-6-11(13)17-15(20)12-10-22-16(2)9-8-14(19)18(12)16/h4-7,12H,3,8-10H2,1-2H3,(H,17,20)/t12-,16-/m1/s1. The molecule has 2 saturated heterocycles. The Labute approximate surface area is 134 Å². The van der Waals surface area contributed by atoms with E-state index in [4.69, 9.17) is 4.74 Å². The number of benzene rings is 1. The van der Waals surface area contributed by atoms with Crippen molar-refractivity contribution in [3.8, 4) is 5.75 Å². The number of hydrogen-bond donors (Lipinski definition) is 1. The fourth-order valence-corrected chi connectivity index (χ4v) is 4.51. The Kier molecular flexibility index (Phi) is 4.04. The Morgan fingerprint density at radius 2 is 2.27 bits per heavy atom. The zero-order valence-corrected chi connectivity index (χ0v) is 13.6. The minimum absolute atomic E-state index is 0.0748. The maximum Gasteiger partial charge on any atom is 0.248 e. The van der Waals surface area contributed by atoms with Crippen molar-refractivity contribution < 1.29 is 14.3 Å². The van der Waals surface area contributed by atoms with Gasteiger partial charge in [0.2, 0.25) is 11.8 Å². The third-order valence-corrected chi connectivity index (χ3v) is 5.70. The summed E-state index contributed by atoms with van der Waals surface area (Å²) in [6.45, 7) is 4.49. The summed E-state index contributed by atoms with van der Waals surface area (Å²) in [5.74, 6) is 1.23. The van der Waals surface area contributed by atoms with Crippen LogP contribution in [0.5, 0.6) is 5.75 Å². The highest BCUT2D eigenvalue weighted by molar-refractivity contribution is 8.01. The number of fused-ring (bicyclic) bond motifs is 1. The Morgan fingerprint density at radius 3 is 3.05 bits per heavy atom. The van der Waals surface area contributed by atoms with Crippen molar-refractivity contribution in [2.24, 2.45) is 0 Å². The van der Waals surface area contributed by atoms with Gasteiger partial charge >= 0.3 is 0 Å². The SMILES string of the molecule is CCOc1ccccc1NC(=O)[C@H]1CS[C@]2(C)CCC(=O)N12. The lowest BCUT2D eigenvalue weighted by atomic mass is 10.2. The van der Waals surface area contributed by atoms with Crippen molar-refractivity contribution in [3.63, 3.8) is 0 Å². The molecule has 2 heterocycles. The summed E-state index contributed by atoms with van der Waals surface area (Å²) in [6, 6.07) is 6.96. The molecule has 118 valence electrons. The predicted octanol–water partition coefficient (Wildman–Crippen LogP) is 2.48.